The third-order valence-electron chi connectivity index (χ3n) is 3.92. The summed E-state index contributed by atoms with van der Waals surface area (Å²) in [5, 5.41) is 4.31. The van der Waals surface area contributed by atoms with Gasteiger partial charge in [-0.3, -0.25) is 6.08 Å². The maximum Gasteiger partial charge on any atom is 0.185 e. The van der Waals surface area contributed by atoms with Crippen LogP contribution in [0.1, 0.15) is 45.1 Å². The molecule has 0 fully saturated rings. The van der Waals surface area contributed by atoms with Gasteiger partial charge in [-0.05, 0) is 37.5 Å². The molecule has 2 atom stereocenters. The molecule has 25 heavy (non-hydrogen) atoms. The van der Waals surface area contributed by atoms with E-state index in [0.29, 0.717) is 11.5 Å². The van der Waals surface area contributed by atoms with Gasteiger partial charge in [-0.1, -0.05) is 36.8 Å². The van der Waals surface area contributed by atoms with Gasteiger partial charge >= 0.3 is 0 Å². The van der Waals surface area contributed by atoms with Crippen LogP contribution in [0.2, 0.25) is 0 Å². The minimum Gasteiger partial charge on any atom is -0.501 e. The second-order valence-corrected chi connectivity index (χ2v) is 5.68. The fraction of sp³-hybridized carbons (Fsp3) is 0.450. The van der Waals surface area contributed by atoms with Crippen molar-refractivity contribution in [2.45, 2.75) is 45.6 Å². The molecule has 3 nitrogen and oxygen atoms in total. The number of hydrogen-bond acceptors (Lipinski definition) is 3. The van der Waals surface area contributed by atoms with E-state index in [4.69, 9.17) is 9.57 Å². The normalized spacial score (nSPS) is 17.8. The first-order valence-electron chi connectivity index (χ1n) is 8.26. The number of nitrogens with zero attached hydrogens (tertiary/aromatic N) is 1. The summed E-state index contributed by atoms with van der Waals surface area (Å²) in [6, 6.07) is 4.53. The average molecular weight is 590 g/mol. The van der Waals surface area contributed by atoms with Crippen LogP contribution in [-0.4, -0.2) is 18.9 Å². The van der Waals surface area contributed by atoms with Gasteiger partial charge in [-0.2, -0.15) is 6.42 Å². The molecule has 0 N–H and O–H groups in total. The number of hydrogen-bond donors (Lipinski definition) is 0. The molecule has 0 saturated carbocycles. The van der Waals surface area contributed by atoms with Gasteiger partial charge in [0.25, 0.3) is 0 Å². The first kappa shape index (κ1) is 19.8. The first-order chi connectivity index (χ1) is 11.6. The zero-order valence-corrected chi connectivity index (χ0v) is 16.8. The second kappa shape index (κ2) is 9.77. The Balaban J connectivity index is 0.00000312. The molecular formula is C20H23FLrNO2-. The summed E-state index contributed by atoms with van der Waals surface area (Å²) < 4.78 is 18.3. The Morgan fingerprint density at radius 2 is 2.28 bits per heavy atom. The number of oxime groups is 1. The molecule has 1 aliphatic rings. The average Bonchev–Trinajstić information content (AvgIpc) is 2.62. The van der Waals surface area contributed by atoms with Crippen LogP contribution in [0.4, 0.5) is 4.39 Å². The standard InChI is InChI=1S/C20H23FNO2.Lr/c1-4-19(17-8-6-5-7-9-17)22-24-15(2)10-11-16-12-13-18(21)20(14-16)23-3;/h6,12-15,17H,4,7-9H2,1-3H3;/q-1;/b22-19+;/t15-,17?;/m0./s1. The zero-order valence-electron chi connectivity index (χ0n) is 14.7. The van der Waals surface area contributed by atoms with Crippen molar-refractivity contribution in [3.8, 4) is 17.6 Å². The summed E-state index contributed by atoms with van der Waals surface area (Å²) in [6.07, 6.45) is 8.87. The number of halogens is 1. The second-order valence-electron chi connectivity index (χ2n) is 5.68. The van der Waals surface area contributed by atoms with Crippen molar-refractivity contribution in [1.29, 1.82) is 0 Å². The van der Waals surface area contributed by atoms with Gasteiger partial charge in [-0.25, -0.2) is 4.39 Å². The van der Waals surface area contributed by atoms with Gasteiger partial charge in [0, 0.05) is 5.56 Å². The topological polar surface area (TPSA) is 30.8 Å². The van der Waals surface area contributed by atoms with Gasteiger partial charge < -0.3 is 15.7 Å². The number of ether oxygens (including phenoxy) is 1. The minimum atomic E-state index is -0.400. The van der Waals surface area contributed by atoms with Crippen LogP contribution in [0, 0.1) is 29.7 Å². The maximum absolute atomic E-state index is 13.4. The van der Waals surface area contributed by atoms with E-state index in [2.05, 4.69) is 36.1 Å². The summed E-state index contributed by atoms with van der Waals surface area (Å²) in [6.45, 7) is 3.93. The SMILES string of the molecule is CC/C(=N\O[C@@H](C)C#Cc1ccc(F)c(OC)c1)C1CC=[C-]CC1.[Lr]. The zero-order chi connectivity index (χ0) is 17.4. The van der Waals surface area contributed by atoms with E-state index in [0.717, 1.165) is 31.4 Å². The van der Waals surface area contributed by atoms with E-state index >= 15 is 0 Å². The van der Waals surface area contributed by atoms with Crippen LogP contribution in [0.3, 0.4) is 0 Å². The molecule has 1 unspecified atom stereocenters. The quantitative estimate of drug-likeness (QED) is 0.219. The molecule has 1 aromatic carbocycles. The van der Waals surface area contributed by atoms with Crippen molar-refractivity contribution in [1.82, 2.24) is 0 Å². The van der Waals surface area contributed by atoms with Crippen molar-refractivity contribution in [3.05, 3.63) is 41.7 Å². The van der Waals surface area contributed by atoms with Crippen molar-refractivity contribution >= 4 is 5.71 Å². The summed E-state index contributed by atoms with van der Waals surface area (Å²) in [5.41, 5.74) is 1.75. The number of benzene rings is 1. The fourth-order valence-electron chi connectivity index (χ4n) is 2.53. The van der Waals surface area contributed by atoms with Crippen LogP contribution in [0.25, 0.3) is 0 Å². The first-order valence-corrected chi connectivity index (χ1v) is 8.26. The van der Waals surface area contributed by atoms with E-state index in [1.807, 2.05) is 6.92 Å². The molecule has 143 valence electrons. The third kappa shape index (κ3) is 5.69. The summed E-state index contributed by atoms with van der Waals surface area (Å²) >= 11 is 0. The van der Waals surface area contributed by atoms with Crippen molar-refractivity contribution in [3.63, 3.8) is 0 Å². The van der Waals surface area contributed by atoms with Crippen LogP contribution < -0.4 is 4.74 Å². The summed E-state index contributed by atoms with van der Waals surface area (Å²) in [5.74, 6) is 6.16. The number of methoxy groups -OCH3 is 1. The van der Waals surface area contributed by atoms with Crippen molar-refractivity contribution in [2.75, 3.05) is 7.11 Å². The Morgan fingerprint density at radius 1 is 1.48 bits per heavy atom. The predicted octanol–water partition coefficient (Wildman–Crippen LogP) is 4.52. The van der Waals surface area contributed by atoms with Gasteiger partial charge in [0.05, 0.1) is 12.8 Å². The van der Waals surface area contributed by atoms with Gasteiger partial charge in [0.1, 0.15) is 0 Å². The van der Waals surface area contributed by atoms with E-state index in [9.17, 15) is 4.39 Å². The molecule has 0 saturated heterocycles. The van der Waals surface area contributed by atoms with Crippen molar-refractivity contribution in [2.24, 2.45) is 11.1 Å². The van der Waals surface area contributed by atoms with E-state index in [1.165, 1.54) is 13.2 Å². The van der Waals surface area contributed by atoms with Crippen LogP contribution >= 0.6 is 0 Å². The molecule has 0 amide bonds. The van der Waals surface area contributed by atoms with Crippen LogP contribution in [0.15, 0.2) is 29.4 Å². The predicted molar refractivity (Wildman–Crippen MR) is 93.3 cm³/mol. The number of allylic oxidation sites excluding steroid dienone is 2. The van der Waals surface area contributed by atoms with Crippen LogP contribution in [0.5, 0.6) is 5.75 Å². The van der Waals surface area contributed by atoms with Gasteiger partial charge in [-0.15, -0.1) is 0 Å². The summed E-state index contributed by atoms with van der Waals surface area (Å²) in [4.78, 5) is 5.52. The molecular weight excluding hydrogens is 567 g/mol. The van der Waals surface area contributed by atoms with E-state index in [-0.39, 0.29) is 11.9 Å². The molecule has 0 heterocycles. The third-order valence-corrected chi connectivity index (χ3v) is 3.92. The molecule has 1 aromatic rings. The molecule has 0 aromatic heterocycles. The Labute approximate surface area is 143 Å². The molecule has 0 spiro atoms. The van der Waals surface area contributed by atoms with Crippen LogP contribution in [-0.2, 0) is 4.84 Å². The monoisotopic (exact) mass is 590 g/mol. The molecule has 0 bridgehead atoms. The Kier molecular flexibility index (Phi) is 7.72. The molecule has 1 radical (unpaired) electrons. The largest absolute Gasteiger partial charge is 0.501 e. The Morgan fingerprint density at radius 3 is 2.92 bits per heavy atom. The Bertz CT molecular complexity index is 676. The van der Waals surface area contributed by atoms with Crippen molar-refractivity contribution < 1.29 is 14.0 Å². The maximum atomic E-state index is 13.4. The summed E-state index contributed by atoms with van der Waals surface area (Å²) in [7, 11) is 1.43. The van der Waals surface area contributed by atoms with E-state index in [1.54, 1.807) is 12.1 Å². The molecule has 5 heteroatoms. The molecule has 1 aliphatic carbocycles. The molecule has 0 aliphatic heterocycles. The number of rotatable bonds is 5. The van der Waals surface area contributed by atoms with E-state index < -0.39 is 5.82 Å². The Hall–Kier alpha value is -3.28. The molecule has 2 rings (SSSR count). The van der Waals surface area contributed by atoms with Gasteiger partial charge in [0.15, 0.2) is 17.7 Å². The minimum absolute atomic E-state index is 0. The fourth-order valence-corrected chi connectivity index (χ4v) is 2.53. The smallest absolute Gasteiger partial charge is 0.185 e. The van der Waals surface area contributed by atoms with Gasteiger partial charge in [0.2, 0.25) is 0 Å².